The van der Waals surface area contributed by atoms with Crippen LogP contribution in [-0.2, 0) is 0 Å². The summed E-state index contributed by atoms with van der Waals surface area (Å²) in [6, 6.07) is 9.96. The molecule has 2 aromatic carbocycles. The van der Waals surface area contributed by atoms with Gasteiger partial charge in [0.2, 0.25) is 0 Å². The largest absolute Gasteiger partial charge is 0.331 e. The molecule has 0 aliphatic heterocycles. The lowest BCUT2D eigenvalue weighted by Crippen LogP contribution is -2.34. The van der Waals surface area contributed by atoms with Gasteiger partial charge in [0, 0.05) is 10.0 Å². The average Bonchev–Trinajstić information content (AvgIpc) is 2.44. The number of amides is 1. The first-order valence-electron chi connectivity index (χ1n) is 5.89. The highest BCUT2D eigenvalue weighted by Crippen LogP contribution is 2.32. The molecule has 114 valence electrons. The van der Waals surface area contributed by atoms with E-state index in [1.165, 1.54) is 12.1 Å². The molecule has 0 aliphatic rings. The Kier molecular flexibility index (Phi) is 6.06. The third-order valence-electron chi connectivity index (χ3n) is 2.57. The molecule has 3 nitrogen and oxygen atoms in total. The Morgan fingerprint density at radius 2 is 1.73 bits per heavy atom. The van der Waals surface area contributed by atoms with Gasteiger partial charge in [-0.15, -0.1) is 0 Å². The minimum atomic E-state index is -0.338. The van der Waals surface area contributed by atoms with Crippen molar-refractivity contribution in [2.45, 2.75) is 0 Å². The van der Waals surface area contributed by atoms with Crippen LogP contribution in [0, 0.1) is 0 Å². The van der Waals surface area contributed by atoms with Gasteiger partial charge in [0.25, 0.3) is 5.91 Å². The van der Waals surface area contributed by atoms with Crippen LogP contribution in [0.3, 0.4) is 0 Å². The summed E-state index contributed by atoms with van der Waals surface area (Å²) in [4.78, 5) is 12.1. The first-order valence-corrected chi connectivity index (χ1v) is 8.23. The van der Waals surface area contributed by atoms with Crippen molar-refractivity contribution in [3.8, 4) is 0 Å². The number of benzene rings is 2. The zero-order valence-corrected chi connectivity index (χ0v) is 15.5. The van der Waals surface area contributed by atoms with Gasteiger partial charge in [-0.1, -0.05) is 56.8 Å². The van der Waals surface area contributed by atoms with E-state index in [2.05, 4.69) is 26.6 Å². The zero-order valence-electron chi connectivity index (χ0n) is 10.8. The standard InChI is InChI=1S/C14H8BrCl3N2OS/c15-8-3-1-2-7(4-8)13(21)20-14(22)19-12-6-10(17)9(16)5-11(12)18/h1-6H,(H2,19,20,21,22). The fourth-order valence-corrected chi connectivity index (χ4v) is 2.77. The number of carbonyl (C=O) groups excluding carboxylic acids is 1. The number of halogens is 4. The van der Waals surface area contributed by atoms with E-state index in [-0.39, 0.29) is 11.0 Å². The third-order valence-corrected chi connectivity index (χ3v) is 4.30. The van der Waals surface area contributed by atoms with Crippen LogP contribution in [0.2, 0.25) is 15.1 Å². The summed E-state index contributed by atoms with van der Waals surface area (Å²) in [5.41, 5.74) is 0.925. The van der Waals surface area contributed by atoms with Crippen molar-refractivity contribution in [3.05, 3.63) is 61.5 Å². The lowest BCUT2D eigenvalue weighted by atomic mass is 10.2. The van der Waals surface area contributed by atoms with Crippen LogP contribution in [0.25, 0.3) is 0 Å². The first kappa shape index (κ1) is 17.5. The Labute approximate surface area is 156 Å². The van der Waals surface area contributed by atoms with Gasteiger partial charge < -0.3 is 5.32 Å². The summed E-state index contributed by atoms with van der Waals surface area (Å²) in [6.45, 7) is 0. The lowest BCUT2D eigenvalue weighted by Gasteiger charge is -2.12. The molecule has 1 amide bonds. The molecule has 0 heterocycles. The zero-order chi connectivity index (χ0) is 16.3. The summed E-state index contributed by atoms with van der Waals surface area (Å²) in [5.74, 6) is -0.338. The van der Waals surface area contributed by atoms with Crippen molar-refractivity contribution in [3.63, 3.8) is 0 Å². The maximum atomic E-state index is 12.1. The van der Waals surface area contributed by atoms with Crippen LogP contribution in [0.4, 0.5) is 5.69 Å². The molecular formula is C14H8BrCl3N2OS. The number of rotatable bonds is 2. The minimum absolute atomic E-state index is 0.102. The summed E-state index contributed by atoms with van der Waals surface area (Å²) in [6.07, 6.45) is 0. The predicted molar refractivity (Wildman–Crippen MR) is 99.3 cm³/mol. The second-order valence-electron chi connectivity index (χ2n) is 4.16. The van der Waals surface area contributed by atoms with Gasteiger partial charge in [-0.05, 0) is 42.5 Å². The Balaban J connectivity index is 2.07. The molecule has 22 heavy (non-hydrogen) atoms. The SMILES string of the molecule is O=C(NC(=S)Nc1cc(Cl)c(Cl)cc1Cl)c1cccc(Br)c1. The lowest BCUT2D eigenvalue weighted by molar-refractivity contribution is 0.0977. The summed E-state index contributed by atoms with van der Waals surface area (Å²) in [5, 5.41) is 6.47. The van der Waals surface area contributed by atoms with E-state index in [1.54, 1.807) is 18.2 Å². The van der Waals surface area contributed by atoms with E-state index in [9.17, 15) is 4.79 Å². The molecule has 0 fully saturated rings. The number of thiocarbonyl (C=S) groups is 1. The van der Waals surface area contributed by atoms with Gasteiger partial charge in [-0.2, -0.15) is 0 Å². The third kappa shape index (κ3) is 4.57. The molecule has 0 aromatic heterocycles. The molecule has 0 atom stereocenters. The van der Waals surface area contributed by atoms with Gasteiger partial charge in [-0.25, -0.2) is 0 Å². The topological polar surface area (TPSA) is 41.1 Å². The Bertz CT molecular complexity index is 755. The van der Waals surface area contributed by atoms with Gasteiger partial charge in [0.15, 0.2) is 5.11 Å². The number of nitrogens with one attached hydrogen (secondary N) is 2. The highest BCUT2D eigenvalue weighted by molar-refractivity contribution is 9.10. The quantitative estimate of drug-likeness (QED) is 0.478. The fourth-order valence-electron chi connectivity index (χ4n) is 1.58. The number of anilines is 1. The summed E-state index contributed by atoms with van der Waals surface area (Å²) in [7, 11) is 0. The molecule has 0 bridgehead atoms. The maximum Gasteiger partial charge on any atom is 0.257 e. The average molecular weight is 439 g/mol. The number of carbonyl (C=O) groups is 1. The Morgan fingerprint density at radius 3 is 2.41 bits per heavy atom. The number of hydrogen-bond acceptors (Lipinski definition) is 2. The fraction of sp³-hybridized carbons (Fsp3) is 0. The van der Waals surface area contributed by atoms with E-state index in [0.717, 1.165) is 4.47 Å². The van der Waals surface area contributed by atoms with Crippen LogP contribution in [0.5, 0.6) is 0 Å². The van der Waals surface area contributed by atoms with Crippen LogP contribution < -0.4 is 10.6 Å². The normalized spacial score (nSPS) is 10.2. The van der Waals surface area contributed by atoms with Gasteiger partial charge in [-0.3, -0.25) is 10.1 Å². The summed E-state index contributed by atoms with van der Waals surface area (Å²) < 4.78 is 0.798. The molecular weight excluding hydrogens is 430 g/mol. The minimum Gasteiger partial charge on any atom is -0.331 e. The molecule has 0 aliphatic carbocycles. The monoisotopic (exact) mass is 436 g/mol. The van der Waals surface area contributed by atoms with Crippen LogP contribution in [0.1, 0.15) is 10.4 Å². The van der Waals surface area contributed by atoms with Gasteiger partial charge in [0.05, 0.1) is 20.8 Å². The molecule has 0 radical (unpaired) electrons. The van der Waals surface area contributed by atoms with Crippen molar-refractivity contribution in [2.75, 3.05) is 5.32 Å². The first-order chi connectivity index (χ1) is 10.4. The smallest absolute Gasteiger partial charge is 0.257 e. The highest BCUT2D eigenvalue weighted by atomic mass is 79.9. The predicted octanol–water partition coefficient (Wildman–Crippen LogP) is 5.54. The van der Waals surface area contributed by atoms with Gasteiger partial charge in [0.1, 0.15) is 0 Å². The van der Waals surface area contributed by atoms with E-state index >= 15 is 0 Å². The van der Waals surface area contributed by atoms with Crippen molar-refractivity contribution >= 4 is 79.7 Å². The molecule has 2 rings (SSSR count). The molecule has 2 aromatic rings. The molecule has 0 spiro atoms. The second kappa shape index (κ2) is 7.62. The molecule has 2 N–H and O–H groups in total. The van der Waals surface area contributed by atoms with Crippen molar-refractivity contribution in [1.29, 1.82) is 0 Å². The van der Waals surface area contributed by atoms with Gasteiger partial charge >= 0.3 is 0 Å². The van der Waals surface area contributed by atoms with E-state index in [4.69, 9.17) is 47.0 Å². The second-order valence-corrected chi connectivity index (χ2v) is 6.71. The van der Waals surface area contributed by atoms with Crippen LogP contribution in [0.15, 0.2) is 40.9 Å². The maximum absolute atomic E-state index is 12.1. The van der Waals surface area contributed by atoms with E-state index in [0.29, 0.717) is 26.3 Å². The molecule has 0 saturated carbocycles. The molecule has 8 heteroatoms. The Morgan fingerprint density at radius 1 is 1.05 bits per heavy atom. The number of hydrogen-bond donors (Lipinski definition) is 2. The molecule has 0 unspecified atom stereocenters. The van der Waals surface area contributed by atoms with Crippen LogP contribution in [-0.4, -0.2) is 11.0 Å². The highest BCUT2D eigenvalue weighted by Gasteiger charge is 2.11. The van der Waals surface area contributed by atoms with E-state index < -0.39 is 0 Å². The van der Waals surface area contributed by atoms with E-state index in [1.807, 2.05) is 6.07 Å². The van der Waals surface area contributed by atoms with Crippen molar-refractivity contribution in [1.82, 2.24) is 5.32 Å². The summed E-state index contributed by atoms with van der Waals surface area (Å²) >= 11 is 26.2. The Hall–Kier alpha value is -0.850. The van der Waals surface area contributed by atoms with Crippen molar-refractivity contribution in [2.24, 2.45) is 0 Å². The van der Waals surface area contributed by atoms with Crippen LogP contribution >= 0.6 is 63.0 Å². The van der Waals surface area contributed by atoms with Crippen molar-refractivity contribution < 1.29 is 4.79 Å². The molecule has 0 saturated heterocycles.